The van der Waals surface area contributed by atoms with Crippen LogP contribution in [-0.4, -0.2) is 29.9 Å². The molecular formula is C32H29BrClNO4S. The van der Waals surface area contributed by atoms with Gasteiger partial charge >= 0.3 is 5.97 Å². The maximum Gasteiger partial charge on any atom is 0.356 e. The fourth-order valence-corrected chi connectivity index (χ4v) is 6.46. The summed E-state index contributed by atoms with van der Waals surface area (Å²) in [6.07, 6.45) is 1.37. The molecule has 1 aromatic heterocycles. The molecule has 0 saturated carbocycles. The molecule has 0 radical (unpaired) electrons. The zero-order valence-corrected chi connectivity index (χ0v) is 25.4. The Morgan fingerprint density at radius 1 is 1.00 bits per heavy atom. The van der Waals surface area contributed by atoms with Gasteiger partial charge < -0.3 is 14.2 Å². The second-order valence-corrected chi connectivity index (χ2v) is 11.4. The van der Waals surface area contributed by atoms with Crippen molar-refractivity contribution in [1.82, 2.24) is 3.59 Å². The second kappa shape index (κ2) is 13.0. The van der Waals surface area contributed by atoms with Crippen LogP contribution in [0.15, 0.2) is 83.8 Å². The highest BCUT2D eigenvalue weighted by molar-refractivity contribution is 9.08. The Balaban J connectivity index is 1.32. The van der Waals surface area contributed by atoms with Crippen LogP contribution in [0, 0.1) is 0 Å². The van der Waals surface area contributed by atoms with Crippen LogP contribution in [0.3, 0.4) is 0 Å². The van der Waals surface area contributed by atoms with Gasteiger partial charge in [0.2, 0.25) is 0 Å². The lowest BCUT2D eigenvalue weighted by atomic mass is 10.1. The molecule has 5 nitrogen and oxygen atoms in total. The number of thioether (sulfide) groups is 1. The Morgan fingerprint density at radius 3 is 2.58 bits per heavy atom. The Morgan fingerprint density at radius 2 is 1.80 bits per heavy atom. The first kappa shape index (κ1) is 28.4. The van der Waals surface area contributed by atoms with E-state index in [4.69, 9.17) is 25.8 Å². The van der Waals surface area contributed by atoms with Gasteiger partial charge in [-0.1, -0.05) is 54.1 Å². The van der Waals surface area contributed by atoms with Crippen molar-refractivity contribution >= 4 is 67.2 Å². The van der Waals surface area contributed by atoms with Crippen LogP contribution in [0.25, 0.3) is 21.7 Å². The number of carbonyl (C=O) groups is 1. The summed E-state index contributed by atoms with van der Waals surface area (Å²) in [5.74, 6) is 2.19. The van der Waals surface area contributed by atoms with E-state index in [9.17, 15) is 4.79 Å². The number of hydrogen-bond donors (Lipinski definition) is 0. The van der Waals surface area contributed by atoms with Crippen molar-refractivity contribution in [2.45, 2.75) is 30.4 Å². The van der Waals surface area contributed by atoms with Gasteiger partial charge in [0.05, 0.1) is 42.0 Å². The molecule has 0 N–H and O–H groups in total. The summed E-state index contributed by atoms with van der Waals surface area (Å²) < 4.78 is 18.7. The molecule has 5 rings (SSSR count). The molecule has 0 fully saturated rings. The van der Waals surface area contributed by atoms with E-state index in [-0.39, 0.29) is 5.97 Å². The molecule has 0 bridgehead atoms. The molecule has 40 heavy (non-hydrogen) atoms. The van der Waals surface area contributed by atoms with Crippen LogP contribution in [0.4, 0.5) is 0 Å². The summed E-state index contributed by atoms with van der Waals surface area (Å²) in [5, 5.41) is 3.79. The summed E-state index contributed by atoms with van der Waals surface area (Å²) in [6.45, 7) is 2.61. The molecule has 206 valence electrons. The Bertz CT molecular complexity index is 1650. The molecule has 4 aromatic carbocycles. The van der Waals surface area contributed by atoms with Gasteiger partial charge in [-0.2, -0.15) is 0 Å². The van der Waals surface area contributed by atoms with Crippen LogP contribution in [0.2, 0.25) is 5.02 Å². The minimum Gasteiger partial charge on any atom is -0.497 e. The van der Waals surface area contributed by atoms with Gasteiger partial charge in [-0.15, -0.1) is 11.8 Å². The number of ether oxygens (including phenoxy) is 3. The number of nitrogens with zero attached hydrogens (tertiary/aromatic N) is 1. The number of halogens is 2. The molecule has 0 spiro atoms. The lowest BCUT2D eigenvalue weighted by Crippen LogP contribution is -2.11. The van der Waals surface area contributed by atoms with Gasteiger partial charge in [-0.3, -0.25) is 3.59 Å². The molecule has 0 aliphatic carbocycles. The van der Waals surface area contributed by atoms with E-state index in [0.717, 1.165) is 55.8 Å². The molecule has 8 heteroatoms. The van der Waals surface area contributed by atoms with Crippen molar-refractivity contribution in [1.29, 1.82) is 0 Å². The fourth-order valence-electron chi connectivity index (χ4n) is 4.72. The first-order valence-corrected chi connectivity index (χ1v) is 15.1. The molecule has 5 aromatic rings. The number of benzene rings is 4. The minimum atomic E-state index is -0.366. The average molecular weight is 639 g/mol. The van der Waals surface area contributed by atoms with E-state index in [2.05, 4.69) is 52.5 Å². The zero-order valence-electron chi connectivity index (χ0n) is 22.3. The van der Waals surface area contributed by atoms with Crippen molar-refractivity contribution in [3.05, 3.63) is 101 Å². The van der Waals surface area contributed by atoms with Gasteiger partial charge in [0, 0.05) is 26.4 Å². The number of aryl methyl sites for hydroxylation is 1. The first-order chi connectivity index (χ1) is 19.5. The van der Waals surface area contributed by atoms with E-state index >= 15 is 0 Å². The van der Waals surface area contributed by atoms with Gasteiger partial charge in [0.1, 0.15) is 17.2 Å². The van der Waals surface area contributed by atoms with E-state index in [1.54, 1.807) is 29.4 Å². The van der Waals surface area contributed by atoms with E-state index in [1.807, 2.05) is 42.5 Å². The third-order valence-corrected chi connectivity index (χ3v) is 8.66. The quantitative estimate of drug-likeness (QED) is 0.0821. The summed E-state index contributed by atoms with van der Waals surface area (Å²) in [6, 6.07) is 26.4. The largest absolute Gasteiger partial charge is 0.497 e. The number of esters is 1. The van der Waals surface area contributed by atoms with E-state index < -0.39 is 0 Å². The van der Waals surface area contributed by atoms with Crippen LogP contribution >= 0.6 is 39.5 Å². The topological polar surface area (TPSA) is 49.7 Å². The van der Waals surface area contributed by atoms with Crippen molar-refractivity contribution in [3.8, 4) is 11.5 Å². The number of hydrogen-bond acceptors (Lipinski definition) is 5. The molecule has 0 atom stereocenters. The summed E-state index contributed by atoms with van der Waals surface area (Å²) in [7, 11) is 1.68. The third-order valence-electron chi connectivity index (χ3n) is 6.64. The Hall–Kier alpha value is -3.13. The number of fused-ring (bicyclic) bond motifs is 2. The smallest absolute Gasteiger partial charge is 0.356 e. The van der Waals surface area contributed by atoms with Gasteiger partial charge in [-0.05, 0) is 72.7 Å². The highest BCUT2D eigenvalue weighted by Gasteiger charge is 2.23. The van der Waals surface area contributed by atoms with Gasteiger partial charge in [0.25, 0.3) is 0 Å². The summed E-state index contributed by atoms with van der Waals surface area (Å²) >= 11 is 11.6. The average Bonchev–Trinajstić information content (AvgIpc) is 3.24. The maximum absolute atomic E-state index is 12.8. The SMILES string of the molecule is CCOC(=O)c1c(CCCOc2cc(SCc3ccc(OC)cc3)cc3ccccc23)c2ccc(Cl)cc2n1Br. The molecule has 0 saturated heterocycles. The lowest BCUT2D eigenvalue weighted by molar-refractivity contribution is 0.0518. The van der Waals surface area contributed by atoms with Crippen LogP contribution in [0.1, 0.15) is 35.0 Å². The molecule has 1 heterocycles. The van der Waals surface area contributed by atoms with Crippen molar-refractivity contribution < 1.29 is 19.0 Å². The first-order valence-electron chi connectivity index (χ1n) is 13.1. The van der Waals surface area contributed by atoms with Gasteiger partial charge in [-0.25, -0.2) is 4.79 Å². The monoisotopic (exact) mass is 637 g/mol. The molecule has 0 aliphatic rings. The maximum atomic E-state index is 12.8. The predicted molar refractivity (Wildman–Crippen MR) is 168 cm³/mol. The van der Waals surface area contributed by atoms with Crippen molar-refractivity contribution in [2.75, 3.05) is 20.3 Å². The van der Waals surface area contributed by atoms with Gasteiger partial charge in [0.15, 0.2) is 0 Å². The zero-order chi connectivity index (χ0) is 28.1. The van der Waals surface area contributed by atoms with Crippen LogP contribution in [0.5, 0.6) is 11.5 Å². The normalized spacial score (nSPS) is 11.2. The molecule has 0 unspecified atom stereocenters. The summed E-state index contributed by atoms with van der Waals surface area (Å²) in [4.78, 5) is 14.0. The standard InChI is InChI=1S/C32H29BrClNO4S/c1-3-38-32(36)31-28(27-15-12-23(34)18-29(27)35(31)33)9-6-16-39-30-19-25(17-22-7-4-5-8-26(22)30)40-20-21-10-13-24(37-2)14-11-21/h4-5,7-8,10-15,17-19H,3,6,9,16,20H2,1-2H3. The Kier molecular flexibility index (Phi) is 9.25. The van der Waals surface area contributed by atoms with Crippen molar-refractivity contribution in [3.63, 3.8) is 0 Å². The third kappa shape index (κ3) is 6.27. The number of rotatable bonds is 11. The van der Waals surface area contributed by atoms with E-state index in [0.29, 0.717) is 30.4 Å². The molecular weight excluding hydrogens is 610 g/mol. The van der Waals surface area contributed by atoms with Crippen LogP contribution < -0.4 is 9.47 Å². The van der Waals surface area contributed by atoms with Crippen LogP contribution in [-0.2, 0) is 16.9 Å². The fraction of sp³-hybridized carbons (Fsp3) is 0.219. The predicted octanol–water partition coefficient (Wildman–Crippen LogP) is 9.10. The number of methoxy groups -OCH3 is 1. The number of aromatic nitrogens is 1. The number of carbonyl (C=O) groups excluding carboxylic acids is 1. The van der Waals surface area contributed by atoms with E-state index in [1.165, 1.54) is 5.56 Å². The molecule has 0 aliphatic heterocycles. The summed E-state index contributed by atoms with van der Waals surface area (Å²) in [5.41, 5.74) is 3.46. The second-order valence-electron chi connectivity index (χ2n) is 9.22. The highest BCUT2D eigenvalue weighted by Crippen LogP contribution is 2.35. The highest BCUT2D eigenvalue weighted by atomic mass is 79.9. The Labute approximate surface area is 251 Å². The van der Waals surface area contributed by atoms with Crippen molar-refractivity contribution in [2.24, 2.45) is 0 Å². The molecule has 0 amide bonds. The minimum absolute atomic E-state index is 0.302. The lowest BCUT2D eigenvalue weighted by Gasteiger charge is -2.13.